The predicted molar refractivity (Wildman–Crippen MR) is 128 cm³/mol. The van der Waals surface area contributed by atoms with Crippen molar-refractivity contribution in [1.29, 1.82) is 0 Å². The monoisotopic (exact) mass is 408 g/mol. The average Bonchev–Trinajstić information content (AvgIpc) is 2.80. The van der Waals surface area contributed by atoms with Crippen LogP contribution >= 0.6 is 0 Å². The van der Waals surface area contributed by atoms with Crippen molar-refractivity contribution in [3.05, 3.63) is 64.8 Å². The van der Waals surface area contributed by atoms with E-state index in [4.69, 9.17) is 4.74 Å². The van der Waals surface area contributed by atoms with Crippen molar-refractivity contribution in [1.82, 2.24) is 0 Å². The lowest BCUT2D eigenvalue weighted by molar-refractivity contribution is -0.665. The summed E-state index contributed by atoms with van der Waals surface area (Å²) in [7, 11) is 2.20. The standard InChI is InChI=1S/C29H30NO/c1-17-14-22-15-21(20-10-6-5-7-11-20)16-25-27(22)28(30(17)4)26-18(2)23-12-8-9-13-24(23)19(3)29(26)31-25/h8-9,12-16,20H,5-7,10-11H2,1-4H3/q+1. The highest BCUT2D eigenvalue weighted by Crippen LogP contribution is 2.51. The molecule has 31 heavy (non-hydrogen) atoms. The van der Waals surface area contributed by atoms with Crippen molar-refractivity contribution >= 4 is 21.5 Å². The van der Waals surface area contributed by atoms with E-state index in [0.29, 0.717) is 5.92 Å². The lowest BCUT2D eigenvalue weighted by atomic mass is 9.82. The Morgan fingerprint density at radius 1 is 0.871 bits per heavy atom. The van der Waals surface area contributed by atoms with Gasteiger partial charge < -0.3 is 4.74 Å². The van der Waals surface area contributed by atoms with Crippen molar-refractivity contribution in [2.24, 2.45) is 7.05 Å². The Hall–Kier alpha value is -2.87. The van der Waals surface area contributed by atoms with Crippen LogP contribution in [0.1, 0.15) is 60.4 Å². The molecule has 156 valence electrons. The van der Waals surface area contributed by atoms with Crippen LogP contribution in [0.4, 0.5) is 0 Å². The van der Waals surface area contributed by atoms with Gasteiger partial charge in [-0.15, -0.1) is 0 Å². The molecule has 0 unspecified atom stereocenters. The smallest absolute Gasteiger partial charge is 0.228 e. The average molecular weight is 409 g/mol. The lowest BCUT2D eigenvalue weighted by Gasteiger charge is -2.27. The van der Waals surface area contributed by atoms with E-state index in [9.17, 15) is 0 Å². The maximum Gasteiger partial charge on any atom is 0.228 e. The molecule has 1 fully saturated rings. The van der Waals surface area contributed by atoms with Gasteiger partial charge in [0.1, 0.15) is 18.5 Å². The van der Waals surface area contributed by atoms with Crippen LogP contribution in [-0.2, 0) is 7.05 Å². The highest BCUT2D eigenvalue weighted by atomic mass is 16.5. The highest BCUT2D eigenvalue weighted by molar-refractivity contribution is 6.06. The summed E-state index contributed by atoms with van der Waals surface area (Å²) in [5.74, 6) is 2.73. The molecular formula is C29H30NO+. The third-order valence-electron chi connectivity index (χ3n) is 7.82. The maximum atomic E-state index is 6.78. The summed E-state index contributed by atoms with van der Waals surface area (Å²) in [6, 6.07) is 15.9. The van der Waals surface area contributed by atoms with Crippen LogP contribution in [0.15, 0.2) is 42.5 Å². The van der Waals surface area contributed by atoms with Crippen molar-refractivity contribution in [2.75, 3.05) is 0 Å². The zero-order valence-electron chi connectivity index (χ0n) is 19.0. The number of hydrogen-bond acceptors (Lipinski definition) is 1. The van der Waals surface area contributed by atoms with Gasteiger partial charge in [0.15, 0.2) is 5.69 Å². The van der Waals surface area contributed by atoms with Gasteiger partial charge in [-0.1, -0.05) is 49.6 Å². The number of aryl methyl sites for hydroxylation is 3. The Bertz CT molecular complexity index is 1380. The number of fused-ring (bicyclic) bond motifs is 3. The van der Waals surface area contributed by atoms with E-state index in [2.05, 4.69) is 74.9 Å². The Labute approximate surface area is 184 Å². The van der Waals surface area contributed by atoms with Gasteiger partial charge >= 0.3 is 0 Å². The molecule has 1 saturated carbocycles. The molecule has 0 spiro atoms. The van der Waals surface area contributed by atoms with Gasteiger partial charge in [-0.3, -0.25) is 0 Å². The molecule has 0 N–H and O–H groups in total. The molecule has 2 nitrogen and oxygen atoms in total. The quantitative estimate of drug-likeness (QED) is 0.261. The second kappa shape index (κ2) is 6.82. The maximum absolute atomic E-state index is 6.78. The molecule has 4 aromatic rings. The van der Waals surface area contributed by atoms with E-state index in [1.807, 2.05) is 0 Å². The first kappa shape index (κ1) is 18.9. The van der Waals surface area contributed by atoms with Crippen LogP contribution in [0.25, 0.3) is 32.8 Å². The topological polar surface area (TPSA) is 13.1 Å². The molecule has 2 heteroatoms. The summed E-state index contributed by atoms with van der Waals surface area (Å²) < 4.78 is 9.14. The molecule has 1 aliphatic heterocycles. The van der Waals surface area contributed by atoms with Crippen LogP contribution in [0.3, 0.4) is 0 Å². The summed E-state index contributed by atoms with van der Waals surface area (Å²) >= 11 is 0. The molecular weight excluding hydrogens is 378 g/mol. The van der Waals surface area contributed by atoms with Gasteiger partial charge in [0.25, 0.3) is 0 Å². The molecule has 2 aliphatic rings. The van der Waals surface area contributed by atoms with E-state index in [0.717, 1.165) is 11.5 Å². The first-order valence-electron chi connectivity index (χ1n) is 11.7. The summed E-state index contributed by atoms with van der Waals surface area (Å²) in [6.07, 6.45) is 6.68. The predicted octanol–water partition coefficient (Wildman–Crippen LogP) is 7.56. The van der Waals surface area contributed by atoms with Crippen molar-refractivity contribution < 1.29 is 9.30 Å². The first-order valence-corrected chi connectivity index (χ1v) is 11.7. The molecule has 2 heterocycles. The minimum Gasteiger partial charge on any atom is -0.455 e. The summed E-state index contributed by atoms with van der Waals surface area (Å²) in [4.78, 5) is 0. The van der Waals surface area contributed by atoms with Crippen LogP contribution in [0.2, 0.25) is 0 Å². The molecule has 3 aromatic carbocycles. The number of aromatic nitrogens is 1. The number of benzene rings is 3. The number of rotatable bonds is 1. The van der Waals surface area contributed by atoms with E-state index in [1.54, 1.807) is 0 Å². The van der Waals surface area contributed by atoms with E-state index in [-0.39, 0.29) is 0 Å². The molecule has 0 atom stereocenters. The van der Waals surface area contributed by atoms with Crippen LogP contribution in [-0.4, -0.2) is 0 Å². The van der Waals surface area contributed by atoms with Crippen molar-refractivity contribution in [2.45, 2.75) is 58.8 Å². The molecule has 1 aromatic heterocycles. The van der Waals surface area contributed by atoms with Gasteiger partial charge in [0.05, 0.1) is 10.9 Å². The fourth-order valence-electron chi connectivity index (χ4n) is 6.01. The Morgan fingerprint density at radius 2 is 1.58 bits per heavy atom. The number of pyridine rings is 1. The molecule has 0 bridgehead atoms. The van der Waals surface area contributed by atoms with Crippen LogP contribution < -0.4 is 9.30 Å². The zero-order valence-corrected chi connectivity index (χ0v) is 19.0. The molecule has 6 rings (SSSR count). The number of nitrogens with zero attached hydrogens (tertiary/aromatic N) is 1. The molecule has 0 amide bonds. The minimum atomic E-state index is 0.663. The Balaban J connectivity index is 1.71. The summed E-state index contributed by atoms with van der Waals surface area (Å²) in [5, 5.41) is 5.19. The van der Waals surface area contributed by atoms with Crippen molar-refractivity contribution in [3.63, 3.8) is 0 Å². The third-order valence-corrected chi connectivity index (χ3v) is 7.82. The van der Waals surface area contributed by atoms with Gasteiger partial charge in [-0.05, 0) is 66.0 Å². The normalized spacial score (nSPS) is 15.9. The van der Waals surface area contributed by atoms with Gasteiger partial charge in [0, 0.05) is 18.6 Å². The van der Waals surface area contributed by atoms with E-state index >= 15 is 0 Å². The molecule has 0 saturated heterocycles. The summed E-state index contributed by atoms with van der Waals surface area (Å²) in [5.41, 5.74) is 7.84. The highest BCUT2D eigenvalue weighted by Gasteiger charge is 2.33. The second-order valence-electron chi connectivity index (χ2n) is 9.61. The van der Waals surface area contributed by atoms with Crippen LogP contribution in [0, 0.1) is 20.8 Å². The van der Waals surface area contributed by atoms with E-state index < -0.39 is 0 Å². The first-order chi connectivity index (χ1) is 15.0. The fraction of sp³-hybridized carbons (Fsp3) is 0.345. The van der Waals surface area contributed by atoms with Crippen LogP contribution in [0.5, 0.6) is 11.5 Å². The third kappa shape index (κ3) is 2.67. The molecule has 1 aliphatic carbocycles. The Morgan fingerprint density at radius 3 is 2.32 bits per heavy atom. The lowest BCUT2D eigenvalue weighted by Crippen LogP contribution is -2.36. The van der Waals surface area contributed by atoms with Gasteiger partial charge in [-0.25, -0.2) is 0 Å². The van der Waals surface area contributed by atoms with E-state index in [1.165, 1.54) is 87.3 Å². The largest absolute Gasteiger partial charge is 0.455 e. The SMILES string of the molecule is Cc1c2c(c(C)c3ccccc13)-c1c3c(cc(C4CCCCC4)cc3cc(C)[n+]1C)O2. The number of ether oxygens (including phenoxy) is 1. The van der Waals surface area contributed by atoms with Gasteiger partial charge in [-0.2, -0.15) is 4.57 Å². The fourth-order valence-corrected chi connectivity index (χ4v) is 6.01. The molecule has 0 radical (unpaired) electrons. The second-order valence-corrected chi connectivity index (χ2v) is 9.61. The zero-order chi connectivity index (χ0) is 21.3. The summed E-state index contributed by atoms with van der Waals surface area (Å²) in [6.45, 7) is 6.68. The van der Waals surface area contributed by atoms with Gasteiger partial charge in [0.2, 0.25) is 5.69 Å². The Kier molecular flexibility index (Phi) is 4.15. The number of hydrogen-bond donors (Lipinski definition) is 0. The van der Waals surface area contributed by atoms with Crippen molar-refractivity contribution in [3.8, 4) is 22.8 Å². The minimum absolute atomic E-state index is 0.663.